The molecule has 3 nitrogen and oxygen atoms in total. The topological polar surface area (TPSA) is 38.1 Å². The van der Waals surface area contributed by atoms with Crippen LogP contribution in [0.1, 0.15) is 43.1 Å². The van der Waals surface area contributed by atoms with Crippen molar-refractivity contribution in [1.82, 2.24) is 10.3 Å². The molecule has 122 valence electrons. The van der Waals surface area contributed by atoms with Crippen molar-refractivity contribution in [3.05, 3.63) is 65.4 Å². The number of aromatic nitrogens is 1. The second kappa shape index (κ2) is 8.59. The third-order valence-corrected chi connectivity index (χ3v) is 3.92. The first kappa shape index (κ1) is 17.4. The summed E-state index contributed by atoms with van der Waals surface area (Å²) in [6.07, 6.45) is 8.45. The number of hydrogen-bond acceptors (Lipinski definition) is 3. The fourth-order valence-electron chi connectivity index (χ4n) is 2.41. The molecule has 2 rings (SSSR count). The van der Waals surface area contributed by atoms with Gasteiger partial charge in [0.25, 0.3) is 0 Å². The SMILES string of the molecule is C=C(NCC/C(=C/CCC)c1cc(Cl)ccc1C)c1cnco1. The van der Waals surface area contributed by atoms with Gasteiger partial charge in [-0.25, -0.2) is 4.98 Å². The maximum Gasteiger partial charge on any atom is 0.181 e. The Hall–Kier alpha value is -2.00. The average Bonchev–Trinajstić information content (AvgIpc) is 3.07. The zero-order valence-electron chi connectivity index (χ0n) is 13.7. The molecule has 0 atom stereocenters. The van der Waals surface area contributed by atoms with Gasteiger partial charge in [-0.05, 0) is 48.6 Å². The van der Waals surface area contributed by atoms with Crippen LogP contribution in [0.5, 0.6) is 0 Å². The number of rotatable bonds is 8. The van der Waals surface area contributed by atoms with E-state index in [1.54, 1.807) is 6.20 Å². The van der Waals surface area contributed by atoms with Crippen molar-refractivity contribution < 1.29 is 4.42 Å². The van der Waals surface area contributed by atoms with Crippen molar-refractivity contribution in [2.45, 2.75) is 33.1 Å². The molecule has 0 amide bonds. The van der Waals surface area contributed by atoms with E-state index in [1.165, 1.54) is 23.1 Å². The van der Waals surface area contributed by atoms with Crippen LogP contribution in [0.2, 0.25) is 5.02 Å². The van der Waals surface area contributed by atoms with E-state index in [1.807, 2.05) is 12.1 Å². The first-order chi connectivity index (χ1) is 11.1. The van der Waals surface area contributed by atoms with E-state index in [9.17, 15) is 0 Å². The summed E-state index contributed by atoms with van der Waals surface area (Å²) < 4.78 is 5.23. The minimum atomic E-state index is 0.669. The van der Waals surface area contributed by atoms with Crippen LogP contribution in [0.15, 0.2) is 47.9 Å². The summed E-state index contributed by atoms with van der Waals surface area (Å²) in [7, 11) is 0. The minimum Gasteiger partial charge on any atom is -0.442 e. The number of allylic oxidation sites excluding steroid dienone is 1. The van der Waals surface area contributed by atoms with E-state index in [2.05, 4.69) is 42.9 Å². The summed E-state index contributed by atoms with van der Waals surface area (Å²) in [5.74, 6) is 0.669. The number of benzene rings is 1. The lowest BCUT2D eigenvalue weighted by atomic mass is 9.96. The van der Waals surface area contributed by atoms with Crippen molar-refractivity contribution in [3.8, 4) is 0 Å². The number of oxazole rings is 1. The maximum atomic E-state index is 6.17. The summed E-state index contributed by atoms with van der Waals surface area (Å²) in [5.41, 5.74) is 4.52. The van der Waals surface area contributed by atoms with E-state index >= 15 is 0 Å². The van der Waals surface area contributed by atoms with Crippen LogP contribution >= 0.6 is 11.6 Å². The van der Waals surface area contributed by atoms with Crippen LogP contribution in [0, 0.1) is 6.92 Å². The van der Waals surface area contributed by atoms with Crippen molar-refractivity contribution in [2.75, 3.05) is 6.54 Å². The Bertz CT molecular complexity index is 675. The van der Waals surface area contributed by atoms with E-state index in [-0.39, 0.29) is 0 Å². The van der Waals surface area contributed by atoms with Crippen LogP contribution < -0.4 is 5.32 Å². The molecule has 0 aliphatic heterocycles. The molecule has 0 fully saturated rings. The lowest BCUT2D eigenvalue weighted by molar-refractivity contribution is 0.539. The lowest BCUT2D eigenvalue weighted by Crippen LogP contribution is -2.13. The zero-order valence-corrected chi connectivity index (χ0v) is 14.5. The summed E-state index contributed by atoms with van der Waals surface area (Å²) in [6.45, 7) is 9.05. The van der Waals surface area contributed by atoms with Gasteiger partial charge in [0.1, 0.15) is 0 Å². The predicted molar refractivity (Wildman–Crippen MR) is 97.2 cm³/mol. The minimum absolute atomic E-state index is 0.669. The molecular formula is C19H23ClN2O. The molecule has 0 unspecified atom stereocenters. The van der Waals surface area contributed by atoms with Crippen LogP contribution in [0.3, 0.4) is 0 Å². The van der Waals surface area contributed by atoms with E-state index in [0.29, 0.717) is 5.76 Å². The first-order valence-electron chi connectivity index (χ1n) is 7.89. The normalized spacial score (nSPS) is 11.5. The van der Waals surface area contributed by atoms with Crippen LogP contribution in [-0.4, -0.2) is 11.5 Å². The Morgan fingerprint density at radius 3 is 2.96 bits per heavy atom. The predicted octanol–water partition coefficient (Wildman–Crippen LogP) is 5.47. The molecule has 0 aliphatic rings. The molecule has 23 heavy (non-hydrogen) atoms. The van der Waals surface area contributed by atoms with Crippen molar-refractivity contribution >= 4 is 22.9 Å². The largest absolute Gasteiger partial charge is 0.442 e. The fourth-order valence-corrected chi connectivity index (χ4v) is 2.58. The van der Waals surface area contributed by atoms with Gasteiger partial charge in [-0.3, -0.25) is 0 Å². The van der Waals surface area contributed by atoms with Crippen molar-refractivity contribution in [1.29, 1.82) is 0 Å². The zero-order chi connectivity index (χ0) is 16.7. The Labute approximate surface area is 143 Å². The average molecular weight is 331 g/mol. The molecule has 1 N–H and O–H groups in total. The summed E-state index contributed by atoms with van der Waals surface area (Å²) >= 11 is 6.17. The number of halogens is 1. The van der Waals surface area contributed by atoms with Gasteiger partial charge in [0, 0.05) is 11.6 Å². The van der Waals surface area contributed by atoms with Gasteiger partial charge < -0.3 is 9.73 Å². The van der Waals surface area contributed by atoms with E-state index < -0.39 is 0 Å². The molecule has 0 spiro atoms. The summed E-state index contributed by atoms with van der Waals surface area (Å²) in [6, 6.07) is 6.05. The van der Waals surface area contributed by atoms with Gasteiger partial charge in [0.15, 0.2) is 12.2 Å². The summed E-state index contributed by atoms with van der Waals surface area (Å²) in [4.78, 5) is 3.90. The van der Waals surface area contributed by atoms with Crippen molar-refractivity contribution in [3.63, 3.8) is 0 Å². The highest BCUT2D eigenvalue weighted by Gasteiger charge is 2.07. The molecular weight excluding hydrogens is 308 g/mol. The highest BCUT2D eigenvalue weighted by Crippen LogP contribution is 2.26. The molecule has 2 aromatic rings. The fraction of sp³-hybridized carbons (Fsp3) is 0.316. The van der Waals surface area contributed by atoms with Gasteiger partial charge in [0.05, 0.1) is 11.9 Å². The molecule has 0 aliphatic carbocycles. The lowest BCUT2D eigenvalue weighted by Gasteiger charge is -2.13. The second-order valence-electron chi connectivity index (χ2n) is 5.50. The summed E-state index contributed by atoms with van der Waals surface area (Å²) in [5, 5.41) is 4.06. The third kappa shape index (κ3) is 5.00. The Morgan fingerprint density at radius 1 is 1.43 bits per heavy atom. The monoisotopic (exact) mass is 330 g/mol. The molecule has 1 aromatic heterocycles. The number of unbranched alkanes of at least 4 members (excludes halogenated alkanes) is 1. The molecule has 1 aromatic carbocycles. The van der Waals surface area contributed by atoms with E-state index in [4.69, 9.17) is 16.0 Å². The molecule has 1 heterocycles. The van der Waals surface area contributed by atoms with Crippen LogP contribution in [0.25, 0.3) is 11.3 Å². The molecule has 4 heteroatoms. The third-order valence-electron chi connectivity index (χ3n) is 3.69. The van der Waals surface area contributed by atoms with Gasteiger partial charge in [-0.15, -0.1) is 0 Å². The smallest absolute Gasteiger partial charge is 0.181 e. The maximum absolute atomic E-state index is 6.17. The Balaban J connectivity index is 2.05. The molecule has 0 saturated heterocycles. The number of nitrogens with zero attached hydrogens (tertiary/aromatic N) is 1. The van der Waals surface area contributed by atoms with Crippen molar-refractivity contribution in [2.24, 2.45) is 0 Å². The van der Waals surface area contributed by atoms with Gasteiger partial charge in [-0.2, -0.15) is 0 Å². The molecule has 0 saturated carbocycles. The van der Waals surface area contributed by atoms with E-state index in [0.717, 1.165) is 36.5 Å². The number of hydrogen-bond donors (Lipinski definition) is 1. The van der Waals surface area contributed by atoms with Gasteiger partial charge in [-0.1, -0.05) is 43.7 Å². The highest BCUT2D eigenvalue weighted by molar-refractivity contribution is 6.30. The second-order valence-corrected chi connectivity index (χ2v) is 5.93. The van der Waals surface area contributed by atoms with Gasteiger partial charge >= 0.3 is 0 Å². The number of aryl methyl sites for hydroxylation is 1. The highest BCUT2D eigenvalue weighted by atomic mass is 35.5. The standard InChI is InChI=1S/C19H23ClN2O/c1-4-5-6-16(18-11-17(20)8-7-14(18)2)9-10-22-15(3)19-12-21-13-23-19/h6-8,11-13,22H,3-5,9-10H2,1-2H3/b16-6-. The van der Waals surface area contributed by atoms with Gasteiger partial charge in [0.2, 0.25) is 0 Å². The Morgan fingerprint density at radius 2 is 2.26 bits per heavy atom. The Kier molecular flexibility index (Phi) is 6.48. The number of nitrogens with one attached hydrogen (secondary N) is 1. The van der Waals surface area contributed by atoms with Crippen LogP contribution in [0.4, 0.5) is 0 Å². The molecule has 0 radical (unpaired) electrons. The van der Waals surface area contributed by atoms with Crippen LogP contribution in [-0.2, 0) is 0 Å². The first-order valence-corrected chi connectivity index (χ1v) is 8.26. The molecule has 0 bridgehead atoms. The quantitative estimate of drug-likeness (QED) is 0.697.